The van der Waals surface area contributed by atoms with Crippen LogP contribution in [0, 0.1) is 0 Å². The molecule has 20 heavy (non-hydrogen) atoms. The molecule has 0 spiro atoms. The number of ether oxygens (including phenoxy) is 1. The molecule has 0 saturated heterocycles. The molecule has 106 valence electrons. The molecule has 0 bridgehead atoms. The highest BCUT2D eigenvalue weighted by atomic mass is 79.9. The van der Waals surface area contributed by atoms with Gasteiger partial charge in [0.1, 0.15) is 11.9 Å². The average Bonchev–Trinajstić information content (AvgIpc) is 2.89. The molecule has 0 radical (unpaired) electrons. The van der Waals surface area contributed by atoms with Gasteiger partial charge in [-0.2, -0.15) is 0 Å². The molecule has 2 aromatic rings. The molecular formula is C14H14BrClN2O2. The second kappa shape index (κ2) is 6.41. The highest BCUT2D eigenvalue weighted by Gasteiger charge is 2.18. The third-order valence-electron chi connectivity index (χ3n) is 3.05. The van der Waals surface area contributed by atoms with E-state index in [-0.39, 0.29) is 5.97 Å². The van der Waals surface area contributed by atoms with Crippen LogP contribution in [0.15, 0.2) is 35.1 Å². The highest BCUT2D eigenvalue weighted by molar-refractivity contribution is 9.10. The standard InChI is InChI=1S/C14H14BrClN2O2/c1-9(14(19)20-2)18-6-5-17-13(18)8-10-3-4-12(16)11(15)7-10/h3-7,9H,8H2,1-2H3. The van der Waals surface area contributed by atoms with Gasteiger partial charge in [0.2, 0.25) is 0 Å². The summed E-state index contributed by atoms with van der Waals surface area (Å²) in [4.78, 5) is 15.9. The molecular weight excluding hydrogens is 344 g/mol. The van der Waals surface area contributed by atoms with Crippen molar-refractivity contribution >= 4 is 33.5 Å². The molecule has 0 amide bonds. The summed E-state index contributed by atoms with van der Waals surface area (Å²) in [6, 6.07) is 5.32. The fraction of sp³-hybridized carbons (Fsp3) is 0.286. The van der Waals surface area contributed by atoms with Crippen LogP contribution >= 0.6 is 27.5 Å². The summed E-state index contributed by atoms with van der Waals surface area (Å²) in [7, 11) is 1.38. The molecule has 0 saturated carbocycles. The Kier molecular flexibility index (Phi) is 4.83. The van der Waals surface area contributed by atoms with Crippen LogP contribution in [0.1, 0.15) is 24.4 Å². The summed E-state index contributed by atoms with van der Waals surface area (Å²) in [5, 5.41) is 0.667. The number of nitrogens with zero attached hydrogens (tertiary/aromatic N) is 2. The van der Waals surface area contributed by atoms with E-state index >= 15 is 0 Å². The number of rotatable bonds is 4. The van der Waals surface area contributed by atoms with Crippen LogP contribution in [0.4, 0.5) is 0 Å². The van der Waals surface area contributed by atoms with Gasteiger partial charge in [0, 0.05) is 23.3 Å². The Morgan fingerprint density at radius 1 is 1.55 bits per heavy atom. The first-order valence-electron chi connectivity index (χ1n) is 6.06. The van der Waals surface area contributed by atoms with E-state index < -0.39 is 6.04 Å². The van der Waals surface area contributed by atoms with Gasteiger partial charge < -0.3 is 9.30 Å². The molecule has 0 aliphatic rings. The third-order valence-corrected chi connectivity index (χ3v) is 4.27. The van der Waals surface area contributed by atoms with Gasteiger partial charge in [0.05, 0.1) is 12.1 Å². The smallest absolute Gasteiger partial charge is 0.328 e. The second-order valence-corrected chi connectivity index (χ2v) is 5.64. The van der Waals surface area contributed by atoms with Crippen molar-refractivity contribution in [3.8, 4) is 0 Å². The lowest BCUT2D eigenvalue weighted by molar-refractivity contribution is -0.144. The predicted octanol–water partition coefficient (Wildman–Crippen LogP) is 3.62. The van der Waals surface area contributed by atoms with Crippen molar-refractivity contribution in [2.75, 3.05) is 7.11 Å². The maximum Gasteiger partial charge on any atom is 0.328 e. The molecule has 2 rings (SSSR count). The van der Waals surface area contributed by atoms with Crippen molar-refractivity contribution < 1.29 is 9.53 Å². The lowest BCUT2D eigenvalue weighted by Crippen LogP contribution is -2.19. The van der Waals surface area contributed by atoms with Crippen LogP contribution < -0.4 is 0 Å². The second-order valence-electron chi connectivity index (χ2n) is 4.38. The van der Waals surface area contributed by atoms with Gasteiger partial charge in [-0.15, -0.1) is 0 Å². The lowest BCUT2D eigenvalue weighted by Gasteiger charge is -2.14. The number of hydrogen-bond donors (Lipinski definition) is 0. The minimum Gasteiger partial charge on any atom is -0.467 e. The van der Waals surface area contributed by atoms with E-state index in [4.69, 9.17) is 16.3 Å². The van der Waals surface area contributed by atoms with Gasteiger partial charge >= 0.3 is 5.97 Å². The van der Waals surface area contributed by atoms with Crippen molar-refractivity contribution in [3.63, 3.8) is 0 Å². The van der Waals surface area contributed by atoms with E-state index in [0.717, 1.165) is 15.9 Å². The number of benzene rings is 1. The van der Waals surface area contributed by atoms with E-state index in [1.54, 1.807) is 19.3 Å². The Morgan fingerprint density at radius 2 is 2.30 bits per heavy atom. The molecule has 0 aliphatic carbocycles. The number of methoxy groups -OCH3 is 1. The van der Waals surface area contributed by atoms with Gasteiger partial charge in [0.15, 0.2) is 0 Å². The van der Waals surface area contributed by atoms with Crippen LogP contribution in [0.3, 0.4) is 0 Å². The number of esters is 1. The number of carbonyl (C=O) groups excluding carboxylic acids is 1. The highest BCUT2D eigenvalue weighted by Crippen LogP contribution is 2.24. The summed E-state index contributed by atoms with van der Waals surface area (Å²) in [6.45, 7) is 1.79. The Labute approximate surface area is 130 Å². The molecule has 1 heterocycles. The van der Waals surface area contributed by atoms with E-state index in [0.29, 0.717) is 11.4 Å². The third kappa shape index (κ3) is 3.22. The first-order valence-corrected chi connectivity index (χ1v) is 7.23. The molecule has 1 unspecified atom stereocenters. The molecule has 0 N–H and O–H groups in total. The van der Waals surface area contributed by atoms with Crippen LogP contribution in [-0.4, -0.2) is 22.6 Å². The average molecular weight is 358 g/mol. The molecule has 0 fully saturated rings. The van der Waals surface area contributed by atoms with Gasteiger partial charge in [-0.25, -0.2) is 9.78 Å². The van der Waals surface area contributed by atoms with Crippen molar-refractivity contribution in [3.05, 3.63) is 51.5 Å². The zero-order valence-electron chi connectivity index (χ0n) is 11.1. The van der Waals surface area contributed by atoms with Crippen LogP contribution in [0.2, 0.25) is 5.02 Å². The maximum atomic E-state index is 11.6. The fourth-order valence-electron chi connectivity index (χ4n) is 1.95. The van der Waals surface area contributed by atoms with Crippen LogP contribution in [0.25, 0.3) is 0 Å². The summed E-state index contributed by atoms with van der Waals surface area (Å²) in [5.41, 5.74) is 1.06. The fourth-order valence-corrected chi connectivity index (χ4v) is 2.49. The van der Waals surface area contributed by atoms with Gasteiger partial charge in [-0.3, -0.25) is 0 Å². The summed E-state index contributed by atoms with van der Waals surface area (Å²) < 4.78 is 7.42. The topological polar surface area (TPSA) is 44.1 Å². The first-order chi connectivity index (χ1) is 9.52. The van der Waals surface area contributed by atoms with E-state index in [9.17, 15) is 4.79 Å². The number of aromatic nitrogens is 2. The number of halogens is 2. The maximum absolute atomic E-state index is 11.6. The van der Waals surface area contributed by atoms with Gasteiger partial charge in [-0.05, 0) is 40.5 Å². The van der Waals surface area contributed by atoms with E-state index in [1.807, 2.05) is 22.8 Å². The van der Waals surface area contributed by atoms with Crippen molar-refractivity contribution in [2.45, 2.75) is 19.4 Å². The zero-order valence-corrected chi connectivity index (χ0v) is 13.5. The van der Waals surface area contributed by atoms with Crippen LogP contribution in [-0.2, 0) is 16.0 Å². The Hall–Kier alpha value is -1.33. The Bertz CT molecular complexity index is 627. The molecule has 0 aliphatic heterocycles. The Balaban J connectivity index is 2.24. The summed E-state index contributed by atoms with van der Waals surface area (Å²) in [5.74, 6) is 0.513. The van der Waals surface area contributed by atoms with Crippen molar-refractivity contribution in [2.24, 2.45) is 0 Å². The molecule has 1 aromatic heterocycles. The molecule has 1 aromatic carbocycles. The number of carbonyl (C=O) groups is 1. The lowest BCUT2D eigenvalue weighted by atomic mass is 10.1. The van der Waals surface area contributed by atoms with Crippen LogP contribution in [0.5, 0.6) is 0 Å². The Morgan fingerprint density at radius 3 is 2.95 bits per heavy atom. The molecule has 6 heteroatoms. The molecule has 4 nitrogen and oxygen atoms in total. The van der Waals surface area contributed by atoms with Crippen molar-refractivity contribution in [1.82, 2.24) is 9.55 Å². The van der Waals surface area contributed by atoms with Gasteiger partial charge in [-0.1, -0.05) is 17.7 Å². The van der Waals surface area contributed by atoms with E-state index in [2.05, 4.69) is 20.9 Å². The quantitative estimate of drug-likeness (QED) is 0.785. The van der Waals surface area contributed by atoms with E-state index in [1.165, 1.54) is 7.11 Å². The van der Waals surface area contributed by atoms with Crippen molar-refractivity contribution in [1.29, 1.82) is 0 Å². The minimum atomic E-state index is -0.395. The molecule has 1 atom stereocenters. The summed E-state index contributed by atoms with van der Waals surface area (Å²) >= 11 is 9.37. The predicted molar refractivity (Wildman–Crippen MR) is 80.9 cm³/mol. The first kappa shape index (κ1) is 15.1. The number of imidazole rings is 1. The zero-order chi connectivity index (χ0) is 14.7. The largest absolute Gasteiger partial charge is 0.467 e. The van der Waals surface area contributed by atoms with Gasteiger partial charge in [0.25, 0.3) is 0 Å². The monoisotopic (exact) mass is 356 g/mol. The number of hydrogen-bond acceptors (Lipinski definition) is 3. The SMILES string of the molecule is COC(=O)C(C)n1ccnc1Cc1ccc(Cl)c(Br)c1. The summed E-state index contributed by atoms with van der Waals surface area (Å²) in [6.07, 6.45) is 4.08. The normalized spacial score (nSPS) is 12.2. The minimum absolute atomic E-state index is 0.290.